The van der Waals surface area contributed by atoms with Crippen LogP contribution < -0.4 is 4.74 Å². The highest BCUT2D eigenvalue weighted by atomic mass is 35.5. The summed E-state index contributed by atoms with van der Waals surface area (Å²) in [5.41, 5.74) is 1.36. The molecule has 0 atom stereocenters. The quantitative estimate of drug-likeness (QED) is 0.708. The molecule has 2 rings (SSSR count). The van der Waals surface area contributed by atoms with Gasteiger partial charge in [0.1, 0.15) is 5.75 Å². The van der Waals surface area contributed by atoms with Gasteiger partial charge in [-0.1, -0.05) is 35.9 Å². The number of amides is 1. The molecule has 0 bridgehead atoms. The van der Waals surface area contributed by atoms with E-state index in [1.807, 2.05) is 12.1 Å². The number of hydrogen-bond donors (Lipinski definition) is 0. The van der Waals surface area contributed by atoms with E-state index in [1.165, 1.54) is 14.2 Å². The minimum absolute atomic E-state index is 0.116. The molecule has 0 aliphatic heterocycles. The Kier molecular flexibility index (Phi) is 6.83. The van der Waals surface area contributed by atoms with Gasteiger partial charge in [0.25, 0.3) is 5.91 Å². The van der Waals surface area contributed by atoms with Crippen LogP contribution in [0.2, 0.25) is 5.02 Å². The van der Waals surface area contributed by atoms with Crippen molar-refractivity contribution in [3.05, 3.63) is 64.7 Å². The van der Waals surface area contributed by atoms with Crippen LogP contribution in [0.5, 0.6) is 5.75 Å². The number of rotatable bonds is 7. The van der Waals surface area contributed by atoms with Crippen molar-refractivity contribution in [1.29, 1.82) is 0 Å². The Bertz CT molecular complexity index is 730. The van der Waals surface area contributed by atoms with Crippen molar-refractivity contribution in [3.63, 3.8) is 0 Å². The first-order valence-electron chi connectivity index (χ1n) is 7.78. The summed E-state index contributed by atoms with van der Waals surface area (Å²) in [7, 11) is 2.85. The third-order valence-electron chi connectivity index (χ3n) is 3.72. The van der Waals surface area contributed by atoms with E-state index in [0.717, 1.165) is 5.56 Å². The lowest BCUT2D eigenvalue weighted by molar-refractivity contribution is -0.140. The van der Waals surface area contributed by atoms with Crippen LogP contribution in [0.4, 0.5) is 0 Å². The lowest BCUT2D eigenvalue weighted by Gasteiger charge is -2.23. The van der Waals surface area contributed by atoms with Gasteiger partial charge < -0.3 is 14.4 Å². The summed E-state index contributed by atoms with van der Waals surface area (Å²) in [6, 6.07) is 14.2. The molecule has 0 unspecified atom stereocenters. The number of carbonyl (C=O) groups excluding carboxylic acids is 2. The summed E-state index contributed by atoms with van der Waals surface area (Å²) in [5, 5.41) is 0.626. The Hall–Kier alpha value is -2.53. The van der Waals surface area contributed by atoms with E-state index in [0.29, 0.717) is 22.9 Å². The van der Waals surface area contributed by atoms with Gasteiger partial charge in [0.05, 0.1) is 26.2 Å². The van der Waals surface area contributed by atoms with E-state index in [4.69, 9.17) is 16.3 Å². The Morgan fingerprint density at radius 1 is 1.04 bits per heavy atom. The van der Waals surface area contributed by atoms with Gasteiger partial charge in [-0.3, -0.25) is 9.59 Å². The second-order valence-electron chi connectivity index (χ2n) is 5.38. The summed E-state index contributed by atoms with van der Waals surface area (Å²) in [6.45, 7) is 0.594. The van der Waals surface area contributed by atoms with Crippen molar-refractivity contribution in [2.75, 3.05) is 20.8 Å². The van der Waals surface area contributed by atoms with Crippen molar-refractivity contribution < 1.29 is 19.1 Å². The molecule has 2 aromatic rings. The fourth-order valence-corrected chi connectivity index (χ4v) is 2.51. The zero-order chi connectivity index (χ0) is 18.2. The molecule has 0 heterocycles. The van der Waals surface area contributed by atoms with Crippen LogP contribution in [-0.2, 0) is 16.1 Å². The number of hydrogen-bond acceptors (Lipinski definition) is 4. The van der Waals surface area contributed by atoms with Crippen LogP contribution in [0.1, 0.15) is 22.3 Å². The number of esters is 1. The van der Waals surface area contributed by atoms with Gasteiger partial charge in [0.15, 0.2) is 0 Å². The van der Waals surface area contributed by atoms with E-state index in [1.54, 1.807) is 41.3 Å². The Morgan fingerprint density at radius 2 is 1.72 bits per heavy atom. The third kappa shape index (κ3) is 5.22. The number of benzene rings is 2. The topological polar surface area (TPSA) is 55.8 Å². The van der Waals surface area contributed by atoms with Crippen molar-refractivity contribution >= 4 is 23.5 Å². The normalized spacial score (nSPS) is 10.2. The molecular formula is C19H20ClNO4. The molecule has 2 aromatic carbocycles. The summed E-state index contributed by atoms with van der Waals surface area (Å²) in [6.07, 6.45) is 0.116. The van der Waals surface area contributed by atoms with Gasteiger partial charge in [0.2, 0.25) is 0 Å². The van der Waals surface area contributed by atoms with E-state index >= 15 is 0 Å². The maximum Gasteiger partial charge on any atom is 0.307 e. The van der Waals surface area contributed by atoms with Crippen LogP contribution in [0.15, 0.2) is 48.5 Å². The zero-order valence-electron chi connectivity index (χ0n) is 14.2. The van der Waals surface area contributed by atoms with Crippen LogP contribution in [0.25, 0.3) is 0 Å². The van der Waals surface area contributed by atoms with E-state index < -0.39 is 0 Å². The minimum atomic E-state index is -0.367. The third-order valence-corrected chi connectivity index (χ3v) is 3.98. The summed E-state index contributed by atoms with van der Waals surface area (Å²) in [4.78, 5) is 26.1. The first-order valence-corrected chi connectivity index (χ1v) is 8.16. The molecule has 25 heavy (non-hydrogen) atoms. The fraction of sp³-hybridized carbons (Fsp3) is 0.263. The monoisotopic (exact) mass is 361 g/mol. The number of carbonyl (C=O) groups is 2. The minimum Gasteiger partial charge on any atom is -0.496 e. The number of halogens is 1. The number of methoxy groups -OCH3 is 2. The van der Waals surface area contributed by atoms with Gasteiger partial charge in [-0.05, 0) is 29.8 Å². The molecule has 5 nitrogen and oxygen atoms in total. The molecule has 132 valence electrons. The first kappa shape index (κ1) is 18.8. The molecule has 0 aliphatic carbocycles. The molecule has 0 fully saturated rings. The zero-order valence-corrected chi connectivity index (χ0v) is 15.0. The molecule has 0 aromatic heterocycles. The van der Waals surface area contributed by atoms with Crippen molar-refractivity contribution in [3.8, 4) is 5.75 Å². The van der Waals surface area contributed by atoms with Gasteiger partial charge in [-0.2, -0.15) is 0 Å². The predicted octanol–water partition coefficient (Wildman–Crippen LogP) is 3.55. The van der Waals surface area contributed by atoms with Crippen molar-refractivity contribution in [2.24, 2.45) is 0 Å². The maximum atomic E-state index is 13.0. The molecule has 0 N–H and O–H groups in total. The van der Waals surface area contributed by atoms with Gasteiger partial charge >= 0.3 is 5.97 Å². The molecule has 0 saturated heterocycles. The van der Waals surface area contributed by atoms with Crippen molar-refractivity contribution in [1.82, 2.24) is 4.90 Å². The number of nitrogens with zero attached hydrogens (tertiary/aromatic N) is 1. The Morgan fingerprint density at radius 3 is 2.36 bits per heavy atom. The number of ether oxygens (including phenoxy) is 2. The highest BCUT2D eigenvalue weighted by Crippen LogP contribution is 2.21. The van der Waals surface area contributed by atoms with E-state index in [-0.39, 0.29) is 24.8 Å². The van der Waals surface area contributed by atoms with Gasteiger partial charge in [-0.15, -0.1) is 0 Å². The Balaban J connectivity index is 2.24. The molecule has 0 radical (unpaired) electrons. The highest BCUT2D eigenvalue weighted by Gasteiger charge is 2.20. The van der Waals surface area contributed by atoms with Gasteiger partial charge in [-0.25, -0.2) is 0 Å². The molecule has 0 saturated carbocycles. The Labute approximate surface area is 152 Å². The van der Waals surface area contributed by atoms with Crippen LogP contribution in [-0.4, -0.2) is 37.5 Å². The predicted molar refractivity (Wildman–Crippen MR) is 95.8 cm³/mol. The standard InChI is InChI=1S/C19H20ClNO4/c1-24-17-6-4-3-5-16(17)19(23)21(12-11-18(22)25-2)13-14-7-9-15(20)10-8-14/h3-10H,11-13H2,1-2H3. The summed E-state index contributed by atoms with van der Waals surface area (Å²) in [5.74, 6) is -0.0862. The average molecular weight is 362 g/mol. The first-order chi connectivity index (χ1) is 12.0. The molecular weight excluding hydrogens is 342 g/mol. The largest absolute Gasteiger partial charge is 0.496 e. The average Bonchev–Trinajstić information content (AvgIpc) is 2.65. The SMILES string of the molecule is COC(=O)CCN(Cc1ccc(Cl)cc1)C(=O)c1ccccc1OC. The van der Waals surface area contributed by atoms with E-state index in [9.17, 15) is 9.59 Å². The second-order valence-corrected chi connectivity index (χ2v) is 5.82. The second kappa shape index (κ2) is 9.08. The molecule has 1 amide bonds. The molecule has 0 spiro atoms. The summed E-state index contributed by atoms with van der Waals surface area (Å²) < 4.78 is 9.95. The smallest absolute Gasteiger partial charge is 0.307 e. The molecule has 6 heteroatoms. The highest BCUT2D eigenvalue weighted by molar-refractivity contribution is 6.30. The van der Waals surface area contributed by atoms with Crippen LogP contribution >= 0.6 is 11.6 Å². The van der Waals surface area contributed by atoms with E-state index in [2.05, 4.69) is 4.74 Å². The van der Waals surface area contributed by atoms with Gasteiger partial charge in [0, 0.05) is 18.1 Å². The lowest BCUT2D eigenvalue weighted by atomic mass is 10.1. The van der Waals surface area contributed by atoms with Crippen LogP contribution in [0, 0.1) is 0 Å². The maximum absolute atomic E-state index is 13.0. The molecule has 0 aliphatic rings. The summed E-state index contributed by atoms with van der Waals surface area (Å²) >= 11 is 5.91. The number of para-hydroxylation sites is 1. The van der Waals surface area contributed by atoms with Crippen LogP contribution in [0.3, 0.4) is 0 Å². The van der Waals surface area contributed by atoms with Crippen molar-refractivity contribution in [2.45, 2.75) is 13.0 Å². The fourth-order valence-electron chi connectivity index (χ4n) is 2.38. The lowest BCUT2D eigenvalue weighted by Crippen LogP contribution is -2.33.